The number of nitrogens with zero attached hydrogens (tertiary/aromatic N) is 1. The highest BCUT2D eigenvalue weighted by Gasteiger charge is 2.21. The molecule has 0 bridgehead atoms. The van der Waals surface area contributed by atoms with Crippen LogP contribution >= 0.6 is 15.9 Å². The first-order chi connectivity index (χ1) is 8.02. The molecule has 0 amide bonds. The van der Waals surface area contributed by atoms with Gasteiger partial charge in [0.25, 0.3) is 0 Å². The molecule has 1 aromatic carbocycles. The van der Waals surface area contributed by atoms with Gasteiger partial charge in [0.05, 0.1) is 12.0 Å². The lowest BCUT2D eigenvalue weighted by atomic mass is 10.2. The van der Waals surface area contributed by atoms with E-state index in [4.69, 9.17) is 4.42 Å². The molecule has 0 aliphatic rings. The molecule has 88 valence electrons. The second-order valence-corrected chi connectivity index (χ2v) is 4.12. The molecule has 2 rings (SSSR count). The summed E-state index contributed by atoms with van der Waals surface area (Å²) in [6, 6.07) is 4.34. The molecule has 0 aliphatic heterocycles. The van der Waals surface area contributed by atoms with Crippen molar-refractivity contribution in [2.24, 2.45) is 0 Å². The molecule has 0 aliphatic carbocycles. The maximum absolute atomic E-state index is 11.3. The molecule has 0 fully saturated rings. The summed E-state index contributed by atoms with van der Waals surface area (Å²) in [7, 11) is 1.21. The summed E-state index contributed by atoms with van der Waals surface area (Å²) in [5.74, 6) is -0.740. The van der Waals surface area contributed by atoms with Crippen LogP contribution in [0.4, 0.5) is 5.69 Å². The third kappa shape index (κ3) is 2.01. The highest BCUT2D eigenvalue weighted by molar-refractivity contribution is 9.10. The van der Waals surface area contributed by atoms with E-state index < -0.39 is 10.9 Å². The minimum absolute atomic E-state index is 0.0543. The fourth-order valence-corrected chi connectivity index (χ4v) is 1.90. The number of non-ortho nitro benzene ring substituents is 1. The van der Waals surface area contributed by atoms with Gasteiger partial charge < -0.3 is 9.15 Å². The zero-order chi connectivity index (χ0) is 12.6. The molecule has 2 aromatic rings. The zero-order valence-corrected chi connectivity index (χ0v) is 10.2. The molecular weight excluding hydrogens is 294 g/mol. The number of benzene rings is 1. The largest absolute Gasteiger partial charge is 0.463 e. The quantitative estimate of drug-likeness (QED) is 0.484. The molecule has 7 heteroatoms. The van der Waals surface area contributed by atoms with Crippen LogP contribution in [0.2, 0.25) is 0 Å². The number of esters is 1. The average Bonchev–Trinajstić information content (AvgIpc) is 2.69. The minimum atomic E-state index is -0.674. The number of ether oxygens (including phenoxy) is 1. The molecule has 0 saturated carbocycles. The number of carbonyl (C=O) groups is 1. The minimum Gasteiger partial charge on any atom is -0.463 e. The van der Waals surface area contributed by atoms with Crippen molar-refractivity contribution in [1.29, 1.82) is 0 Å². The molecule has 0 radical (unpaired) electrons. The summed E-state index contributed by atoms with van der Waals surface area (Å²) in [6.07, 6.45) is 0. The molecule has 6 nitrogen and oxygen atoms in total. The van der Waals surface area contributed by atoms with Crippen LogP contribution in [0.3, 0.4) is 0 Å². The Morgan fingerprint density at radius 3 is 2.76 bits per heavy atom. The van der Waals surface area contributed by atoms with E-state index in [1.807, 2.05) is 0 Å². The Morgan fingerprint density at radius 2 is 2.18 bits per heavy atom. The summed E-state index contributed by atoms with van der Waals surface area (Å²) in [5.41, 5.74) is -0.150. The number of hydrogen-bond donors (Lipinski definition) is 0. The van der Waals surface area contributed by atoms with E-state index in [1.54, 1.807) is 6.07 Å². The van der Waals surface area contributed by atoms with Crippen molar-refractivity contribution in [1.82, 2.24) is 0 Å². The SMILES string of the molecule is COC(=O)c1cc2cc(Br)cc([N+](=O)[O-])c2o1. The van der Waals surface area contributed by atoms with Crippen molar-refractivity contribution in [3.8, 4) is 0 Å². The van der Waals surface area contributed by atoms with Crippen LogP contribution in [0.5, 0.6) is 0 Å². The summed E-state index contributed by atoms with van der Waals surface area (Å²) in [4.78, 5) is 21.5. The second kappa shape index (κ2) is 4.17. The van der Waals surface area contributed by atoms with E-state index in [2.05, 4.69) is 20.7 Å². The van der Waals surface area contributed by atoms with Crippen molar-refractivity contribution >= 4 is 38.6 Å². The topological polar surface area (TPSA) is 82.6 Å². The monoisotopic (exact) mass is 299 g/mol. The molecule has 0 saturated heterocycles. The van der Waals surface area contributed by atoms with Gasteiger partial charge in [-0.15, -0.1) is 0 Å². The fourth-order valence-electron chi connectivity index (χ4n) is 1.44. The Labute approximate surface area is 103 Å². The average molecular weight is 300 g/mol. The number of rotatable bonds is 2. The van der Waals surface area contributed by atoms with Gasteiger partial charge in [-0.25, -0.2) is 4.79 Å². The van der Waals surface area contributed by atoms with Crippen LogP contribution in [0, 0.1) is 10.1 Å². The van der Waals surface area contributed by atoms with Crippen LogP contribution in [-0.4, -0.2) is 18.0 Å². The lowest BCUT2D eigenvalue weighted by molar-refractivity contribution is -0.383. The Morgan fingerprint density at radius 1 is 1.47 bits per heavy atom. The second-order valence-electron chi connectivity index (χ2n) is 3.20. The number of nitro groups is 1. The van der Waals surface area contributed by atoms with E-state index in [1.165, 1.54) is 19.2 Å². The van der Waals surface area contributed by atoms with Gasteiger partial charge in [0, 0.05) is 15.9 Å². The van der Waals surface area contributed by atoms with Gasteiger partial charge in [-0.3, -0.25) is 10.1 Å². The third-order valence-electron chi connectivity index (χ3n) is 2.14. The Balaban J connectivity index is 2.71. The summed E-state index contributed by atoms with van der Waals surface area (Å²) >= 11 is 3.15. The number of carbonyl (C=O) groups excluding carboxylic acids is 1. The number of halogens is 1. The molecule has 1 aromatic heterocycles. The lowest BCUT2D eigenvalue weighted by Gasteiger charge is -1.94. The van der Waals surface area contributed by atoms with Crippen LogP contribution < -0.4 is 0 Å². The zero-order valence-electron chi connectivity index (χ0n) is 8.60. The van der Waals surface area contributed by atoms with E-state index in [9.17, 15) is 14.9 Å². The van der Waals surface area contributed by atoms with E-state index in [0.29, 0.717) is 9.86 Å². The number of nitro benzene ring substituents is 1. The predicted octanol–water partition coefficient (Wildman–Crippen LogP) is 2.89. The molecule has 0 unspecified atom stereocenters. The number of fused-ring (bicyclic) bond motifs is 1. The Bertz CT molecular complexity index is 618. The van der Waals surface area contributed by atoms with Gasteiger partial charge in [0.15, 0.2) is 0 Å². The van der Waals surface area contributed by atoms with E-state index >= 15 is 0 Å². The summed E-state index contributed by atoms with van der Waals surface area (Å²) in [6.45, 7) is 0. The first-order valence-corrected chi connectivity index (χ1v) is 5.28. The van der Waals surface area contributed by atoms with Crippen molar-refractivity contribution in [3.63, 3.8) is 0 Å². The Hall–Kier alpha value is -1.89. The number of hydrogen-bond acceptors (Lipinski definition) is 5. The van der Waals surface area contributed by atoms with Crippen LogP contribution in [0.25, 0.3) is 11.0 Å². The van der Waals surface area contributed by atoms with Crippen molar-refractivity contribution in [2.45, 2.75) is 0 Å². The standard InChI is InChI=1S/C10H6BrNO5/c1-16-10(13)8-3-5-2-6(11)4-7(12(14)15)9(5)17-8/h2-4H,1H3. The van der Waals surface area contributed by atoms with Gasteiger partial charge in [-0.2, -0.15) is 0 Å². The van der Waals surface area contributed by atoms with E-state index in [-0.39, 0.29) is 17.0 Å². The summed E-state index contributed by atoms with van der Waals surface area (Å²) in [5, 5.41) is 11.3. The van der Waals surface area contributed by atoms with Gasteiger partial charge in [-0.05, 0) is 12.1 Å². The first-order valence-electron chi connectivity index (χ1n) is 4.48. The van der Waals surface area contributed by atoms with Gasteiger partial charge >= 0.3 is 11.7 Å². The van der Waals surface area contributed by atoms with Crippen molar-refractivity contribution < 1.29 is 18.9 Å². The normalized spacial score (nSPS) is 10.5. The molecule has 0 N–H and O–H groups in total. The predicted molar refractivity (Wildman–Crippen MR) is 61.9 cm³/mol. The highest BCUT2D eigenvalue weighted by Crippen LogP contribution is 2.32. The van der Waals surface area contributed by atoms with Gasteiger partial charge in [0.2, 0.25) is 11.3 Å². The number of furan rings is 1. The van der Waals surface area contributed by atoms with Crippen LogP contribution in [0.1, 0.15) is 10.6 Å². The first kappa shape index (κ1) is 11.6. The lowest BCUT2D eigenvalue weighted by Crippen LogP contribution is -1.98. The maximum atomic E-state index is 11.3. The van der Waals surface area contributed by atoms with Crippen molar-refractivity contribution in [2.75, 3.05) is 7.11 Å². The molecule has 1 heterocycles. The number of methoxy groups -OCH3 is 1. The van der Waals surface area contributed by atoms with Crippen LogP contribution in [0.15, 0.2) is 27.1 Å². The Kier molecular flexibility index (Phi) is 2.84. The smallest absolute Gasteiger partial charge is 0.373 e. The fraction of sp³-hybridized carbons (Fsp3) is 0.100. The highest BCUT2D eigenvalue weighted by atomic mass is 79.9. The van der Waals surface area contributed by atoms with Crippen LogP contribution in [-0.2, 0) is 4.74 Å². The molecule has 0 atom stereocenters. The van der Waals surface area contributed by atoms with Crippen molar-refractivity contribution in [3.05, 3.63) is 38.5 Å². The van der Waals surface area contributed by atoms with Gasteiger partial charge in [0.1, 0.15) is 0 Å². The van der Waals surface area contributed by atoms with Gasteiger partial charge in [-0.1, -0.05) is 15.9 Å². The maximum Gasteiger partial charge on any atom is 0.373 e. The summed E-state index contributed by atoms with van der Waals surface area (Å²) < 4.78 is 10.1. The third-order valence-corrected chi connectivity index (χ3v) is 2.60. The van der Waals surface area contributed by atoms with E-state index in [0.717, 1.165) is 0 Å². The molecule has 0 spiro atoms. The molecule has 17 heavy (non-hydrogen) atoms. The molecular formula is C10H6BrNO5.